The van der Waals surface area contributed by atoms with Crippen molar-refractivity contribution in [3.05, 3.63) is 65.7 Å². The van der Waals surface area contributed by atoms with Gasteiger partial charge in [0.1, 0.15) is 5.75 Å². The Kier molecular flexibility index (Phi) is 8.40. The third-order valence-electron chi connectivity index (χ3n) is 4.14. The molecule has 0 spiro atoms. The maximum atomic E-state index is 12.1. The summed E-state index contributed by atoms with van der Waals surface area (Å²) >= 11 is 0. The fourth-order valence-electron chi connectivity index (χ4n) is 2.57. The number of amides is 1. The number of hydrogen-bond donors (Lipinski definition) is 1. The second-order valence-corrected chi connectivity index (χ2v) is 6.20. The first-order valence-electron chi connectivity index (χ1n) is 9.35. The first kappa shape index (κ1) is 19.7. The van der Waals surface area contributed by atoms with E-state index in [1.54, 1.807) is 0 Å². The van der Waals surface area contributed by atoms with Gasteiger partial charge in [-0.15, -0.1) is 0 Å². The molecule has 0 saturated carbocycles. The lowest BCUT2D eigenvalue weighted by Crippen LogP contribution is -2.26. The van der Waals surface area contributed by atoms with Crippen LogP contribution >= 0.6 is 0 Å². The molecule has 0 aliphatic rings. The second-order valence-electron chi connectivity index (χ2n) is 6.20. The predicted molar refractivity (Wildman–Crippen MR) is 107 cm³/mol. The molecular weight excluding hydrogens is 324 g/mol. The molecule has 0 aliphatic carbocycles. The summed E-state index contributed by atoms with van der Waals surface area (Å²) in [5, 5.41) is 4.34. The van der Waals surface area contributed by atoms with Crippen molar-refractivity contribution < 1.29 is 9.53 Å². The highest BCUT2D eigenvalue weighted by Gasteiger charge is 2.06. The van der Waals surface area contributed by atoms with Gasteiger partial charge >= 0.3 is 0 Å². The number of hydrogen-bond acceptors (Lipinski definition) is 3. The molecule has 0 unspecified atom stereocenters. The van der Waals surface area contributed by atoms with Crippen LogP contribution < -0.4 is 10.2 Å². The predicted octanol–water partition coefficient (Wildman–Crippen LogP) is 4.73. The highest BCUT2D eigenvalue weighted by Crippen LogP contribution is 2.12. The Morgan fingerprint density at radius 2 is 1.73 bits per heavy atom. The Balaban J connectivity index is 1.90. The molecule has 0 saturated heterocycles. The minimum atomic E-state index is -0.256. The van der Waals surface area contributed by atoms with Crippen molar-refractivity contribution in [3.8, 4) is 5.75 Å². The van der Waals surface area contributed by atoms with Crippen LogP contribution in [0.4, 0.5) is 0 Å². The molecule has 2 aromatic carbocycles. The number of carbonyl (C=O) groups is 1. The summed E-state index contributed by atoms with van der Waals surface area (Å²) in [7, 11) is 0. The number of ether oxygens (including phenoxy) is 1. The minimum Gasteiger partial charge on any atom is -0.484 e. The van der Waals surface area contributed by atoms with Crippen molar-refractivity contribution in [1.29, 1.82) is 0 Å². The number of carbonyl (C=O) groups excluding carboxylic acids is 1. The molecule has 0 fully saturated rings. The van der Waals surface area contributed by atoms with Gasteiger partial charge in [0.25, 0.3) is 5.91 Å². The number of nitrogens with zero attached hydrogens (tertiary/aromatic N) is 1. The molecule has 1 amide bonds. The first-order chi connectivity index (χ1) is 12.7. The van der Waals surface area contributed by atoms with E-state index in [4.69, 9.17) is 4.74 Å². The summed E-state index contributed by atoms with van der Waals surface area (Å²) in [4.78, 5) is 12.1. The number of unbranched alkanes of at least 4 members (excludes halogenated alkanes) is 2. The normalized spacial score (nSPS) is 11.2. The molecule has 2 aromatic rings. The average Bonchev–Trinajstić information content (AvgIpc) is 2.70. The van der Waals surface area contributed by atoms with Gasteiger partial charge in [-0.05, 0) is 42.5 Å². The van der Waals surface area contributed by atoms with Crippen molar-refractivity contribution in [2.45, 2.75) is 46.0 Å². The summed E-state index contributed by atoms with van der Waals surface area (Å²) in [6.45, 7) is 4.23. The molecule has 4 heteroatoms. The van der Waals surface area contributed by atoms with E-state index in [1.165, 1.54) is 5.56 Å². The topological polar surface area (TPSA) is 50.7 Å². The third-order valence-corrected chi connectivity index (χ3v) is 4.14. The van der Waals surface area contributed by atoms with Gasteiger partial charge in [-0.25, -0.2) is 5.43 Å². The van der Waals surface area contributed by atoms with E-state index in [1.807, 2.05) is 54.6 Å². The SMILES string of the molecule is CCCCCC(=NNC(=O)COc1ccc(CC)cc1)c1ccccc1. The Morgan fingerprint density at radius 3 is 2.38 bits per heavy atom. The Labute approximate surface area is 156 Å². The lowest BCUT2D eigenvalue weighted by atomic mass is 10.0. The molecule has 138 valence electrons. The van der Waals surface area contributed by atoms with Gasteiger partial charge in [0.2, 0.25) is 0 Å². The fraction of sp³-hybridized carbons (Fsp3) is 0.364. The number of benzene rings is 2. The number of nitrogens with one attached hydrogen (secondary N) is 1. The molecular formula is C22H28N2O2. The maximum Gasteiger partial charge on any atom is 0.277 e. The molecule has 0 aromatic heterocycles. The fourth-order valence-corrected chi connectivity index (χ4v) is 2.57. The zero-order valence-corrected chi connectivity index (χ0v) is 15.7. The van der Waals surface area contributed by atoms with Crippen molar-refractivity contribution >= 4 is 11.6 Å². The van der Waals surface area contributed by atoms with Crippen molar-refractivity contribution in [2.75, 3.05) is 6.61 Å². The zero-order chi connectivity index (χ0) is 18.6. The number of rotatable bonds is 10. The van der Waals surface area contributed by atoms with E-state index in [0.29, 0.717) is 5.75 Å². The maximum absolute atomic E-state index is 12.1. The summed E-state index contributed by atoms with van der Waals surface area (Å²) in [6.07, 6.45) is 5.18. The van der Waals surface area contributed by atoms with Gasteiger partial charge in [-0.2, -0.15) is 5.10 Å². The van der Waals surface area contributed by atoms with Gasteiger partial charge in [-0.1, -0.05) is 69.2 Å². The van der Waals surface area contributed by atoms with Crippen molar-refractivity contribution in [3.63, 3.8) is 0 Å². The molecule has 0 radical (unpaired) electrons. The van der Waals surface area contributed by atoms with Crippen LogP contribution in [0.15, 0.2) is 59.7 Å². The van der Waals surface area contributed by atoms with E-state index >= 15 is 0 Å². The lowest BCUT2D eigenvalue weighted by molar-refractivity contribution is -0.123. The molecule has 2 rings (SSSR count). The summed E-state index contributed by atoms with van der Waals surface area (Å²) in [5.41, 5.74) is 5.81. The Hall–Kier alpha value is -2.62. The van der Waals surface area contributed by atoms with Crippen LogP contribution in [0, 0.1) is 0 Å². The highest BCUT2D eigenvalue weighted by atomic mass is 16.5. The molecule has 26 heavy (non-hydrogen) atoms. The molecule has 0 heterocycles. The van der Waals surface area contributed by atoms with E-state index in [9.17, 15) is 4.79 Å². The molecule has 0 aliphatic heterocycles. The van der Waals surface area contributed by atoms with Crippen LogP contribution in [0.3, 0.4) is 0 Å². The van der Waals surface area contributed by atoms with Crippen LogP contribution in [-0.2, 0) is 11.2 Å². The monoisotopic (exact) mass is 352 g/mol. The largest absolute Gasteiger partial charge is 0.484 e. The molecule has 1 N–H and O–H groups in total. The Bertz CT molecular complexity index is 694. The van der Waals surface area contributed by atoms with Crippen molar-refractivity contribution in [1.82, 2.24) is 5.43 Å². The first-order valence-corrected chi connectivity index (χ1v) is 9.35. The highest BCUT2D eigenvalue weighted by molar-refractivity contribution is 6.01. The number of hydrazone groups is 1. The molecule has 0 atom stereocenters. The van der Waals surface area contributed by atoms with Gasteiger partial charge < -0.3 is 4.74 Å². The third kappa shape index (κ3) is 6.71. The zero-order valence-electron chi connectivity index (χ0n) is 15.7. The van der Waals surface area contributed by atoms with Crippen LogP contribution in [-0.4, -0.2) is 18.2 Å². The Morgan fingerprint density at radius 1 is 1.00 bits per heavy atom. The van der Waals surface area contributed by atoms with E-state index in [2.05, 4.69) is 24.4 Å². The van der Waals surface area contributed by atoms with Gasteiger partial charge in [0.05, 0.1) is 5.71 Å². The molecule has 0 bridgehead atoms. The standard InChI is InChI=1S/C22H28N2O2/c1-3-5-7-12-21(19-10-8-6-9-11-19)23-24-22(25)17-26-20-15-13-18(4-2)14-16-20/h6,8-11,13-16H,3-5,7,12,17H2,1-2H3,(H,24,25). The summed E-state index contributed by atoms with van der Waals surface area (Å²) in [5.74, 6) is 0.432. The summed E-state index contributed by atoms with van der Waals surface area (Å²) in [6, 6.07) is 17.8. The number of aryl methyl sites for hydroxylation is 1. The van der Waals surface area contributed by atoms with Crippen LogP contribution in [0.1, 0.15) is 50.7 Å². The van der Waals surface area contributed by atoms with Gasteiger partial charge in [0.15, 0.2) is 6.61 Å². The summed E-state index contributed by atoms with van der Waals surface area (Å²) < 4.78 is 5.52. The van der Waals surface area contributed by atoms with E-state index < -0.39 is 0 Å². The lowest BCUT2D eigenvalue weighted by Gasteiger charge is -2.09. The smallest absolute Gasteiger partial charge is 0.277 e. The van der Waals surface area contributed by atoms with Crippen LogP contribution in [0.2, 0.25) is 0 Å². The van der Waals surface area contributed by atoms with Crippen LogP contribution in [0.25, 0.3) is 0 Å². The quantitative estimate of drug-likeness (QED) is 0.382. The molecule has 4 nitrogen and oxygen atoms in total. The van der Waals surface area contributed by atoms with E-state index in [0.717, 1.165) is 43.4 Å². The average molecular weight is 352 g/mol. The minimum absolute atomic E-state index is 0.0496. The second kappa shape index (κ2) is 11.1. The van der Waals surface area contributed by atoms with Crippen LogP contribution in [0.5, 0.6) is 5.75 Å². The van der Waals surface area contributed by atoms with Crippen molar-refractivity contribution in [2.24, 2.45) is 5.10 Å². The van der Waals surface area contributed by atoms with Gasteiger partial charge in [-0.3, -0.25) is 4.79 Å². The van der Waals surface area contributed by atoms with Gasteiger partial charge in [0, 0.05) is 0 Å². The van der Waals surface area contributed by atoms with E-state index in [-0.39, 0.29) is 12.5 Å².